The molecule has 3 aromatic carbocycles. The van der Waals surface area contributed by atoms with Gasteiger partial charge in [0.2, 0.25) is 5.91 Å². The van der Waals surface area contributed by atoms with Crippen LogP contribution < -0.4 is 14.8 Å². The van der Waals surface area contributed by atoms with E-state index < -0.39 is 4.92 Å². The van der Waals surface area contributed by atoms with Crippen molar-refractivity contribution in [1.29, 1.82) is 0 Å². The van der Waals surface area contributed by atoms with E-state index in [0.717, 1.165) is 37.7 Å². The van der Waals surface area contributed by atoms with Crippen molar-refractivity contribution in [3.8, 4) is 11.5 Å². The zero-order valence-corrected chi connectivity index (χ0v) is 22.8. The molecule has 1 aliphatic carbocycles. The Morgan fingerprint density at radius 2 is 2.02 bits per heavy atom. The Labute approximate surface area is 234 Å². The Bertz CT molecular complexity index is 1720. The van der Waals surface area contributed by atoms with Crippen LogP contribution in [0.4, 0.5) is 17.1 Å². The van der Waals surface area contributed by atoms with Gasteiger partial charge in [-0.25, -0.2) is 4.98 Å². The van der Waals surface area contributed by atoms with E-state index in [0.29, 0.717) is 43.0 Å². The van der Waals surface area contributed by atoms with E-state index in [2.05, 4.69) is 10.3 Å². The van der Waals surface area contributed by atoms with Gasteiger partial charge in [-0.05, 0) is 78.9 Å². The first-order valence-corrected chi connectivity index (χ1v) is 13.8. The lowest BCUT2D eigenvalue weighted by atomic mass is 9.84. The number of ether oxygens (including phenoxy) is 2. The molecule has 2 aliphatic rings. The molecular weight excluding hydrogens is 528 g/mol. The van der Waals surface area contributed by atoms with Gasteiger partial charge in [-0.1, -0.05) is 12.1 Å². The second kappa shape index (κ2) is 10.5. The summed E-state index contributed by atoms with van der Waals surface area (Å²) in [5.74, 6) is 0.572. The predicted molar refractivity (Wildman–Crippen MR) is 156 cm³/mol. The van der Waals surface area contributed by atoms with E-state index in [1.54, 1.807) is 23.5 Å². The van der Waals surface area contributed by atoms with Gasteiger partial charge < -0.3 is 14.8 Å². The predicted octanol–water partition coefficient (Wildman–Crippen LogP) is 6.66. The van der Waals surface area contributed by atoms with Crippen molar-refractivity contribution in [2.24, 2.45) is 10.9 Å². The van der Waals surface area contributed by atoms with E-state index in [1.165, 1.54) is 13.2 Å². The molecule has 2 heterocycles. The van der Waals surface area contributed by atoms with Crippen LogP contribution in [-0.4, -0.2) is 35.2 Å². The molecule has 40 heavy (non-hydrogen) atoms. The van der Waals surface area contributed by atoms with Gasteiger partial charge in [0.1, 0.15) is 5.75 Å². The molecule has 0 saturated heterocycles. The van der Waals surface area contributed by atoms with E-state index in [9.17, 15) is 14.9 Å². The third-order valence-corrected chi connectivity index (χ3v) is 8.15. The minimum Gasteiger partial charge on any atom is -0.492 e. The molecule has 1 atom stereocenters. The maximum atomic E-state index is 13.2. The lowest BCUT2D eigenvalue weighted by molar-refractivity contribution is -0.385. The Morgan fingerprint density at radius 1 is 1.15 bits per heavy atom. The van der Waals surface area contributed by atoms with E-state index in [1.807, 2.05) is 49.4 Å². The van der Waals surface area contributed by atoms with Crippen molar-refractivity contribution in [3.05, 3.63) is 86.9 Å². The maximum absolute atomic E-state index is 13.2. The summed E-state index contributed by atoms with van der Waals surface area (Å²) in [4.78, 5) is 33.4. The summed E-state index contributed by atoms with van der Waals surface area (Å²) in [6.45, 7) is 2.48. The zero-order chi connectivity index (χ0) is 27.8. The number of allylic oxidation sites excluding steroid dienone is 2. The second-order valence-electron chi connectivity index (χ2n) is 9.72. The molecule has 10 heteroatoms. The number of fused-ring (bicyclic) bond motifs is 3. The number of nitrogens with zero attached hydrogens (tertiary/aromatic N) is 3. The van der Waals surface area contributed by atoms with Crippen LogP contribution in [0.1, 0.15) is 29.0 Å². The summed E-state index contributed by atoms with van der Waals surface area (Å²) in [6.07, 6.45) is 3.83. The fourth-order valence-corrected chi connectivity index (χ4v) is 6.04. The van der Waals surface area contributed by atoms with Crippen molar-refractivity contribution >= 4 is 55.8 Å². The summed E-state index contributed by atoms with van der Waals surface area (Å²) in [5, 5.41) is 15.3. The highest BCUT2D eigenvalue weighted by Gasteiger charge is 2.31. The van der Waals surface area contributed by atoms with Crippen molar-refractivity contribution in [2.75, 3.05) is 19.0 Å². The minimum absolute atomic E-state index is 0.0856. The molecule has 1 N–H and O–H groups in total. The van der Waals surface area contributed by atoms with Gasteiger partial charge in [0.25, 0.3) is 0 Å². The molecule has 1 aromatic heterocycles. The van der Waals surface area contributed by atoms with Crippen LogP contribution in [-0.2, 0) is 11.2 Å². The van der Waals surface area contributed by atoms with Gasteiger partial charge in [-0.2, -0.15) is 0 Å². The van der Waals surface area contributed by atoms with Gasteiger partial charge in [0, 0.05) is 12.5 Å². The normalized spacial score (nSPS) is 16.2. The number of thiazole rings is 1. The molecule has 1 amide bonds. The first-order chi connectivity index (χ1) is 19.4. The number of carbonyl (C=O) groups is 1. The smallest absolute Gasteiger partial charge is 0.310 e. The Hall–Kier alpha value is -4.57. The molecule has 0 fully saturated rings. The molecule has 0 saturated carbocycles. The fraction of sp³-hybridized carbons (Fsp3) is 0.233. The number of hydrogen-bond acceptors (Lipinski definition) is 8. The van der Waals surface area contributed by atoms with Crippen LogP contribution >= 0.6 is 11.3 Å². The summed E-state index contributed by atoms with van der Waals surface area (Å²) in [7, 11) is 1.41. The number of aliphatic imine (C=N–C) groups is 1. The van der Waals surface area contributed by atoms with Crippen molar-refractivity contribution < 1.29 is 19.2 Å². The molecule has 0 radical (unpaired) electrons. The highest BCUT2D eigenvalue weighted by Crippen LogP contribution is 2.38. The van der Waals surface area contributed by atoms with Gasteiger partial charge in [-0.3, -0.25) is 19.9 Å². The van der Waals surface area contributed by atoms with Crippen molar-refractivity contribution in [1.82, 2.24) is 4.98 Å². The third kappa shape index (κ3) is 4.93. The number of nitrogens with one attached hydrogen (secondary N) is 1. The standard InChI is InChI=1S/C30H26N4O5S/c1-17-31-23-4-3-5-27(29(23)40-17)39-13-12-18-6-10-22-25(14-18)33-30(35)21-9-7-19(15-24(21)32-22)20-8-11-26(34(36)37)28(16-20)38-2/h3-6,8,10-11,14-16,21H,7,9,12-13H2,1-2H3,(H,33,35). The van der Waals surface area contributed by atoms with E-state index >= 15 is 0 Å². The number of carbonyl (C=O) groups excluding carboxylic acids is 1. The number of benzene rings is 3. The number of nitro groups is 1. The van der Waals surface area contributed by atoms with Crippen LogP contribution in [0.15, 0.2) is 65.7 Å². The Morgan fingerprint density at radius 3 is 2.85 bits per heavy atom. The topological polar surface area (TPSA) is 116 Å². The second-order valence-corrected chi connectivity index (χ2v) is 10.9. The molecule has 202 valence electrons. The fourth-order valence-electron chi connectivity index (χ4n) is 5.15. The lowest BCUT2D eigenvalue weighted by Crippen LogP contribution is -2.29. The number of amides is 1. The number of aromatic nitrogens is 1. The maximum Gasteiger partial charge on any atom is 0.310 e. The molecule has 4 aromatic rings. The lowest BCUT2D eigenvalue weighted by Gasteiger charge is -2.22. The van der Waals surface area contributed by atoms with Crippen LogP contribution in [0.5, 0.6) is 11.5 Å². The van der Waals surface area contributed by atoms with Gasteiger partial charge >= 0.3 is 5.69 Å². The quantitative estimate of drug-likeness (QED) is 0.202. The number of nitro benzene ring substituents is 1. The minimum atomic E-state index is -0.465. The molecule has 1 unspecified atom stereocenters. The van der Waals surface area contributed by atoms with Crippen molar-refractivity contribution in [2.45, 2.75) is 26.2 Å². The summed E-state index contributed by atoms with van der Waals surface area (Å²) in [6, 6.07) is 16.6. The Kier molecular flexibility index (Phi) is 6.77. The number of methoxy groups -OCH3 is 1. The van der Waals surface area contributed by atoms with Crippen molar-refractivity contribution in [3.63, 3.8) is 0 Å². The van der Waals surface area contributed by atoms with Gasteiger partial charge in [0.05, 0.1) is 56.9 Å². The Balaban J connectivity index is 1.22. The van der Waals surface area contributed by atoms with E-state index in [4.69, 9.17) is 14.5 Å². The van der Waals surface area contributed by atoms with Crippen LogP contribution in [0.3, 0.4) is 0 Å². The molecule has 1 aliphatic heterocycles. The third-order valence-electron chi connectivity index (χ3n) is 7.15. The van der Waals surface area contributed by atoms with Crippen LogP contribution in [0.25, 0.3) is 15.8 Å². The monoisotopic (exact) mass is 554 g/mol. The SMILES string of the molecule is COc1cc(C2=CC3=Nc4ccc(CCOc5cccc6nc(C)sc56)cc4NC(=O)C3CC2)ccc1[N+](=O)[O-]. The first-order valence-electron chi connectivity index (χ1n) is 12.9. The number of hydrogen-bond donors (Lipinski definition) is 1. The molecular formula is C30H26N4O5S. The van der Waals surface area contributed by atoms with Gasteiger partial charge in [-0.15, -0.1) is 11.3 Å². The number of rotatable bonds is 7. The van der Waals surface area contributed by atoms with Crippen LogP contribution in [0.2, 0.25) is 0 Å². The average Bonchev–Trinajstić information content (AvgIpc) is 3.28. The molecule has 9 nitrogen and oxygen atoms in total. The summed E-state index contributed by atoms with van der Waals surface area (Å²) in [5.41, 5.74) is 5.71. The molecule has 6 rings (SSSR count). The van der Waals surface area contributed by atoms with Gasteiger partial charge in [0.15, 0.2) is 5.75 Å². The summed E-state index contributed by atoms with van der Waals surface area (Å²) >= 11 is 1.62. The highest BCUT2D eigenvalue weighted by molar-refractivity contribution is 7.18. The average molecular weight is 555 g/mol. The molecule has 0 bridgehead atoms. The first kappa shape index (κ1) is 25.7. The molecule has 0 spiro atoms. The summed E-state index contributed by atoms with van der Waals surface area (Å²) < 4.78 is 12.4. The van der Waals surface area contributed by atoms with E-state index in [-0.39, 0.29) is 23.3 Å². The highest BCUT2D eigenvalue weighted by atomic mass is 32.1. The number of anilines is 1. The number of aryl methyl sites for hydroxylation is 1. The zero-order valence-electron chi connectivity index (χ0n) is 22.0. The van der Waals surface area contributed by atoms with Crippen LogP contribution in [0, 0.1) is 23.0 Å². The largest absolute Gasteiger partial charge is 0.492 e.